The van der Waals surface area contributed by atoms with Gasteiger partial charge in [-0.2, -0.15) is 13.2 Å². The van der Waals surface area contributed by atoms with Gasteiger partial charge >= 0.3 is 6.18 Å². The van der Waals surface area contributed by atoms with Crippen molar-refractivity contribution in [2.24, 2.45) is 0 Å². The van der Waals surface area contributed by atoms with Gasteiger partial charge in [0, 0.05) is 11.8 Å². The van der Waals surface area contributed by atoms with Crippen LogP contribution >= 0.6 is 11.3 Å². The molecule has 0 radical (unpaired) electrons. The Morgan fingerprint density at radius 3 is 2.73 bits per heavy atom. The molecule has 1 atom stereocenters. The fraction of sp³-hybridized carbons (Fsp3) is 0.462. The predicted octanol–water partition coefficient (Wildman–Crippen LogP) is 3.59. The number of thiazole rings is 1. The molecule has 0 saturated heterocycles. The molecule has 0 aliphatic heterocycles. The second-order valence-corrected chi connectivity index (χ2v) is 5.37. The Bertz CT molecular complexity index is 651. The molecule has 0 aliphatic rings. The van der Waals surface area contributed by atoms with Crippen LogP contribution in [0.5, 0.6) is 0 Å². The Balaban J connectivity index is 2.16. The quantitative estimate of drug-likeness (QED) is 0.908. The van der Waals surface area contributed by atoms with E-state index in [0.717, 1.165) is 16.7 Å². The first-order valence-electron chi connectivity index (χ1n) is 6.62. The van der Waals surface area contributed by atoms with Crippen molar-refractivity contribution < 1.29 is 22.4 Å². The van der Waals surface area contributed by atoms with Crippen molar-refractivity contribution in [1.82, 2.24) is 15.3 Å². The monoisotopic (exact) mass is 333 g/mol. The summed E-state index contributed by atoms with van der Waals surface area (Å²) in [5.74, 6) is -0.0521. The van der Waals surface area contributed by atoms with Crippen LogP contribution in [0, 0.1) is 0 Å². The predicted molar refractivity (Wildman–Crippen MR) is 73.5 cm³/mol. The van der Waals surface area contributed by atoms with Crippen molar-refractivity contribution >= 4 is 17.2 Å². The molecule has 2 aromatic rings. The van der Waals surface area contributed by atoms with Crippen LogP contribution in [0.2, 0.25) is 0 Å². The van der Waals surface area contributed by atoms with E-state index in [0.29, 0.717) is 18.6 Å². The van der Waals surface area contributed by atoms with Crippen LogP contribution in [0.3, 0.4) is 0 Å². The number of hydrogen-bond donors (Lipinski definition) is 1. The summed E-state index contributed by atoms with van der Waals surface area (Å²) in [5.41, 5.74) is -0.801. The molecule has 0 fully saturated rings. The average molecular weight is 333 g/mol. The number of aryl methyl sites for hydroxylation is 1. The van der Waals surface area contributed by atoms with Crippen LogP contribution in [0.15, 0.2) is 16.2 Å². The lowest BCUT2D eigenvalue weighted by Crippen LogP contribution is -2.29. The number of alkyl halides is 3. The van der Waals surface area contributed by atoms with Crippen LogP contribution in [-0.4, -0.2) is 15.9 Å². The molecule has 2 heterocycles. The van der Waals surface area contributed by atoms with Crippen molar-refractivity contribution in [3.8, 4) is 0 Å². The van der Waals surface area contributed by atoms with Crippen molar-refractivity contribution in [2.75, 3.05) is 0 Å². The highest BCUT2D eigenvalue weighted by atomic mass is 32.1. The number of carbonyl (C=O) groups excluding carboxylic acids is 1. The molecular formula is C13H14F3N3O2S. The molecule has 120 valence electrons. The highest BCUT2D eigenvalue weighted by molar-refractivity contribution is 7.09. The first-order chi connectivity index (χ1) is 10.4. The third-order valence-electron chi connectivity index (χ3n) is 3.00. The normalized spacial score (nSPS) is 13.1. The van der Waals surface area contributed by atoms with Gasteiger partial charge in [0.05, 0.1) is 6.04 Å². The molecule has 0 saturated carbocycles. The SMILES string of the molecule is CCc1ocnc1C(=O)NC(CC)c1nc(C(F)(F)F)cs1. The van der Waals surface area contributed by atoms with Gasteiger partial charge in [-0.25, -0.2) is 9.97 Å². The molecule has 0 aromatic carbocycles. The summed E-state index contributed by atoms with van der Waals surface area (Å²) in [6.45, 7) is 3.56. The summed E-state index contributed by atoms with van der Waals surface area (Å²) in [7, 11) is 0. The van der Waals surface area contributed by atoms with Gasteiger partial charge in [-0.1, -0.05) is 13.8 Å². The van der Waals surface area contributed by atoms with Gasteiger partial charge in [-0.3, -0.25) is 4.79 Å². The van der Waals surface area contributed by atoms with Crippen molar-refractivity contribution in [3.63, 3.8) is 0 Å². The number of carbonyl (C=O) groups is 1. The number of rotatable bonds is 5. The fourth-order valence-corrected chi connectivity index (χ4v) is 2.81. The molecule has 9 heteroatoms. The highest BCUT2D eigenvalue weighted by Gasteiger charge is 2.34. The second kappa shape index (κ2) is 6.47. The van der Waals surface area contributed by atoms with Crippen LogP contribution in [0.4, 0.5) is 13.2 Å². The lowest BCUT2D eigenvalue weighted by Gasteiger charge is -2.13. The topological polar surface area (TPSA) is 68.0 Å². The molecule has 1 unspecified atom stereocenters. The summed E-state index contributed by atoms with van der Waals surface area (Å²) in [6.07, 6.45) is -2.41. The zero-order valence-corrected chi connectivity index (χ0v) is 12.7. The summed E-state index contributed by atoms with van der Waals surface area (Å²) >= 11 is 0.869. The van der Waals surface area contributed by atoms with Crippen LogP contribution in [-0.2, 0) is 12.6 Å². The van der Waals surface area contributed by atoms with Gasteiger partial charge in [0.1, 0.15) is 10.8 Å². The number of amides is 1. The smallest absolute Gasteiger partial charge is 0.434 e. The number of hydrogen-bond acceptors (Lipinski definition) is 5. The zero-order valence-electron chi connectivity index (χ0n) is 11.9. The summed E-state index contributed by atoms with van der Waals surface area (Å²) < 4.78 is 42.8. The molecule has 1 N–H and O–H groups in total. The van der Waals surface area contributed by atoms with E-state index in [-0.39, 0.29) is 10.7 Å². The van der Waals surface area contributed by atoms with E-state index in [9.17, 15) is 18.0 Å². The minimum Gasteiger partial charge on any atom is -0.448 e. The lowest BCUT2D eigenvalue weighted by molar-refractivity contribution is -0.140. The molecule has 2 aromatic heterocycles. The zero-order chi connectivity index (χ0) is 16.3. The van der Waals surface area contributed by atoms with Crippen LogP contribution in [0.1, 0.15) is 53.3 Å². The lowest BCUT2D eigenvalue weighted by atomic mass is 10.2. The van der Waals surface area contributed by atoms with Crippen LogP contribution in [0.25, 0.3) is 0 Å². The van der Waals surface area contributed by atoms with Gasteiger partial charge < -0.3 is 9.73 Å². The number of aromatic nitrogens is 2. The third-order valence-corrected chi connectivity index (χ3v) is 3.96. The van der Waals surface area contributed by atoms with Crippen molar-refractivity contribution in [3.05, 3.63) is 33.9 Å². The Hall–Kier alpha value is -1.90. The Morgan fingerprint density at radius 1 is 1.45 bits per heavy atom. The van der Waals surface area contributed by atoms with E-state index in [1.54, 1.807) is 6.92 Å². The van der Waals surface area contributed by atoms with E-state index < -0.39 is 23.8 Å². The summed E-state index contributed by atoms with van der Waals surface area (Å²) in [5, 5.41) is 3.80. The first-order valence-corrected chi connectivity index (χ1v) is 7.50. The van der Waals surface area contributed by atoms with Crippen molar-refractivity contribution in [2.45, 2.75) is 38.9 Å². The molecule has 0 aliphatic carbocycles. The number of halogens is 3. The van der Waals surface area contributed by atoms with E-state index in [4.69, 9.17) is 4.42 Å². The summed E-state index contributed by atoms with van der Waals surface area (Å²) in [6, 6.07) is -0.602. The maximum Gasteiger partial charge on any atom is 0.434 e. The molecule has 22 heavy (non-hydrogen) atoms. The van der Waals surface area contributed by atoms with Gasteiger partial charge in [0.2, 0.25) is 0 Å². The standard InChI is InChI=1S/C13H14F3N3O2S/c1-3-7(12-19-9(5-22-12)13(14,15)16)18-11(20)10-8(4-2)21-6-17-10/h5-7H,3-4H2,1-2H3,(H,18,20). The molecule has 0 bridgehead atoms. The minimum absolute atomic E-state index is 0.147. The maximum atomic E-state index is 12.6. The van der Waals surface area contributed by atoms with E-state index in [1.165, 1.54) is 6.39 Å². The average Bonchev–Trinajstić information content (AvgIpc) is 3.11. The number of nitrogens with one attached hydrogen (secondary N) is 1. The maximum absolute atomic E-state index is 12.6. The van der Waals surface area contributed by atoms with E-state index in [2.05, 4.69) is 15.3 Å². The Labute approximate surface area is 128 Å². The van der Waals surface area contributed by atoms with Gasteiger partial charge in [-0.15, -0.1) is 11.3 Å². The molecule has 0 spiro atoms. The first kappa shape index (κ1) is 16.5. The molecular weight excluding hydrogens is 319 g/mol. The van der Waals surface area contributed by atoms with Crippen molar-refractivity contribution in [1.29, 1.82) is 0 Å². The largest absolute Gasteiger partial charge is 0.448 e. The molecule has 1 amide bonds. The van der Waals surface area contributed by atoms with E-state index >= 15 is 0 Å². The summed E-state index contributed by atoms with van der Waals surface area (Å²) in [4.78, 5) is 19.6. The fourth-order valence-electron chi connectivity index (χ4n) is 1.85. The Kier molecular flexibility index (Phi) is 4.84. The van der Waals surface area contributed by atoms with Gasteiger partial charge in [-0.05, 0) is 6.42 Å². The Morgan fingerprint density at radius 2 is 2.18 bits per heavy atom. The minimum atomic E-state index is -4.49. The number of oxazole rings is 1. The van der Waals surface area contributed by atoms with Gasteiger partial charge in [0.15, 0.2) is 17.8 Å². The van der Waals surface area contributed by atoms with E-state index in [1.807, 2.05) is 6.92 Å². The molecule has 2 rings (SSSR count). The molecule has 5 nitrogen and oxygen atoms in total. The highest BCUT2D eigenvalue weighted by Crippen LogP contribution is 2.32. The second-order valence-electron chi connectivity index (χ2n) is 4.48. The third kappa shape index (κ3) is 3.46. The van der Waals surface area contributed by atoms with Gasteiger partial charge in [0.25, 0.3) is 5.91 Å². The van der Waals surface area contributed by atoms with Crippen LogP contribution < -0.4 is 5.32 Å². The number of nitrogens with zero attached hydrogens (tertiary/aromatic N) is 2.